The second-order valence-corrected chi connectivity index (χ2v) is 2.50. The Morgan fingerprint density at radius 3 is 2.17 bits per heavy atom. The van der Waals surface area contributed by atoms with E-state index in [2.05, 4.69) is 15.0 Å². The molecule has 0 aromatic carbocycles. The first-order valence-corrected chi connectivity index (χ1v) is 3.69. The molecule has 2 N–H and O–H groups in total. The van der Waals surface area contributed by atoms with Crippen molar-refractivity contribution in [2.75, 3.05) is 6.54 Å². The lowest BCUT2D eigenvalue weighted by molar-refractivity contribution is 0.0991. The highest BCUT2D eigenvalue weighted by Gasteiger charge is 2.09. The van der Waals surface area contributed by atoms with Crippen LogP contribution in [0.4, 0.5) is 0 Å². The Morgan fingerprint density at radius 1 is 1.25 bits per heavy atom. The van der Waals surface area contributed by atoms with Gasteiger partial charge in [0.25, 0.3) is 0 Å². The molecular formula is C5H4Cl2N4O. The molecule has 0 aliphatic carbocycles. The van der Waals surface area contributed by atoms with Crippen molar-refractivity contribution >= 4 is 29.0 Å². The Labute approximate surface area is 77.9 Å². The van der Waals surface area contributed by atoms with Crippen molar-refractivity contribution in [2.24, 2.45) is 5.73 Å². The van der Waals surface area contributed by atoms with Crippen LogP contribution in [0.25, 0.3) is 0 Å². The van der Waals surface area contributed by atoms with Crippen LogP contribution < -0.4 is 5.73 Å². The molecule has 12 heavy (non-hydrogen) atoms. The van der Waals surface area contributed by atoms with Gasteiger partial charge in [0, 0.05) is 0 Å². The maximum absolute atomic E-state index is 10.9. The van der Waals surface area contributed by atoms with E-state index in [0.29, 0.717) is 0 Å². The number of nitrogens with zero attached hydrogens (tertiary/aromatic N) is 3. The third-order valence-corrected chi connectivity index (χ3v) is 1.35. The minimum atomic E-state index is -0.429. The van der Waals surface area contributed by atoms with E-state index in [4.69, 9.17) is 28.9 Å². The number of aromatic nitrogens is 3. The van der Waals surface area contributed by atoms with Gasteiger partial charge in [0.1, 0.15) is 0 Å². The molecule has 0 saturated carbocycles. The second-order valence-electron chi connectivity index (χ2n) is 1.82. The van der Waals surface area contributed by atoms with Crippen LogP contribution in [0, 0.1) is 0 Å². The van der Waals surface area contributed by atoms with Gasteiger partial charge in [-0.05, 0) is 23.2 Å². The summed E-state index contributed by atoms with van der Waals surface area (Å²) in [6.07, 6.45) is 0. The highest BCUT2D eigenvalue weighted by molar-refractivity contribution is 6.31. The van der Waals surface area contributed by atoms with Gasteiger partial charge >= 0.3 is 0 Å². The Hall–Kier alpha value is -0.780. The van der Waals surface area contributed by atoms with Gasteiger partial charge in [-0.1, -0.05) is 0 Å². The third kappa shape index (κ3) is 2.10. The van der Waals surface area contributed by atoms with Crippen molar-refractivity contribution < 1.29 is 4.79 Å². The Balaban J connectivity index is 3.08. The van der Waals surface area contributed by atoms with Gasteiger partial charge in [0.05, 0.1) is 6.54 Å². The molecule has 1 aromatic rings. The van der Waals surface area contributed by atoms with Gasteiger partial charge in [0.15, 0.2) is 0 Å². The average molecular weight is 207 g/mol. The summed E-state index contributed by atoms with van der Waals surface area (Å²) in [4.78, 5) is 21.5. The minimum absolute atomic E-state index is 0.109. The molecule has 0 aliphatic rings. The fraction of sp³-hybridized carbons (Fsp3) is 0.200. The Morgan fingerprint density at radius 2 is 1.75 bits per heavy atom. The van der Waals surface area contributed by atoms with Gasteiger partial charge < -0.3 is 5.73 Å². The first-order valence-electron chi connectivity index (χ1n) is 2.94. The van der Waals surface area contributed by atoms with E-state index in [1.54, 1.807) is 0 Å². The molecule has 0 spiro atoms. The van der Waals surface area contributed by atoms with Crippen LogP contribution in [-0.2, 0) is 0 Å². The van der Waals surface area contributed by atoms with Crippen molar-refractivity contribution in [1.29, 1.82) is 0 Å². The van der Waals surface area contributed by atoms with Gasteiger partial charge in [-0.15, -0.1) is 0 Å². The summed E-state index contributed by atoms with van der Waals surface area (Å²) in [6.45, 7) is -0.184. The van der Waals surface area contributed by atoms with Crippen molar-refractivity contribution in [3.05, 3.63) is 16.4 Å². The molecule has 0 atom stereocenters. The molecule has 0 radical (unpaired) electrons. The van der Waals surface area contributed by atoms with E-state index < -0.39 is 5.78 Å². The largest absolute Gasteiger partial charge is 0.324 e. The first-order chi connectivity index (χ1) is 5.63. The van der Waals surface area contributed by atoms with Gasteiger partial charge in [0.2, 0.25) is 22.2 Å². The van der Waals surface area contributed by atoms with Gasteiger partial charge in [-0.25, -0.2) is 0 Å². The van der Waals surface area contributed by atoms with Crippen molar-refractivity contribution in [1.82, 2.24) is 15.0 Å². The Bertz CT molecular complexity index is 296. The molecule has 0 bridgehead atoms. The zero-order valence-corrected chi connectivity index (χ0v) is 7.30. The van der Waals surface area contributed by atoms with E-state index in [1.807, 2.05) is 0 Å². The van der Waals surface area contributed by atoms with Crippen molar-refractivity contribution in [2.45, 2.75) is 0 Å². The fourth-order valence-electron chi connectivity index (χ4n) is 0.542. The van der Waals surface area contributed by atoms with E-state index in [-0.39, 0.29) is 22.9 Å². The molecule has 0 aliphatic heterocycles. The fourth-order valence-corrected chi connectivity index (χ4v) is 0.905. The predicted molar refractivity (Wildman–Crippen MR) is 43.2 cm³/mol. The highest BCUT2D eigenvalue weighted by atomic mass is 35.5. The monoisotopic (exact) mass is 206 g/mol. The van der Waals surface area contributed by atoms with Crippen molar-refractivity contribution in [3.63, 3.8) is 0 Å². The van der Waals surface area contributed by atoms with Gasteiger partial charge in [-0.3, -0.25) is 4.79 Å². The number of hydrogen-bond donors (Lipinski definition) is 1. The molecule has 7 heteroatoms. The number of nitrogens with two attached hydrogens (primary N) is 1. The summed E-state index contributed by atoms with van der Waals surface area (Å²) < 4.78 is 0. The zero-order valence-electron chi connectivity index (χ0n) is 5.79. The SMILES string of the molecule is NCC(=O)c1nc(Cl)nc(Cl)n1. The second kappa shape index (κ2) is 3.75. The number of halogens is 2. The van der Waals surface area contributed by atoms with Crippen LogP contribution >= 0.6 is 23.2 Å². The van der Waals surface area contributed by atoms with Crippen LogP contribution in [0.15, 0.2) is 0 Å². The number of ketones is 1. The van der Waals surface area contributed by atoms with Crippen molar-refractivity contribution in [3.8, 4) is 0 Å². The lowest BCUT2D eigenvalue weighted by Crippen LogP contribution is -2.17. The van der Waals surface area contributed by atoms with Crippen LogP contribution in [0.5, 0.6) is 0 Å². The minimum Gasteiger partial charge on any atom is -0.324 e. The summed E-state index contributed by atoms with van der Waals surface area (Å²) in [5, 5.41) is -0.237. The molecule has 5 nitrogen and oxygen atoms in total. The summed E-state index contributed by atoms with van der Waals surface area (Å²) in [7, 11) is 0. The smallest absolute Gasteiger partial charge is 0.227 e. The molecule has 0 unspecified atom stereocenters. The van der Waals surface area contributed by atoms with E-state index in [0.717, 1.165) is 0 Å². The number of carbonyl (C=O) groups is 1. The topological polar surface area (TPSA) is 81.8 Å². The standard InChI is InChI=1S/C5H4Cl2N4O/c6-4-9-3(2(12)1-8)10-5(7)11-4/h1,8H2. The molecule has 0 amide bonds. The molecule has 1 rings (SSSR count). The van der Waals surface area contributed by atoms with Crippen LogP contribution in [0.2, 0.25) is 10.6 Å². The number of carbonyl (C=O) groups excluding carboxylic acids is 1. The maximum atomic E-state index is 10.9. The lowest BCUT2D eigenvalue weighted by atomic mass is 10.4. The Kier molecular flexibility index (Phi) is 2.91. The molecule has 64 valence electrons. The van der Waals surface area contributed by atoms with E-state index >= 15 is 0 Å². The van der Waals surface area contributed by atoms with Crippen LogP contribution in [-0.4, -0.2) is 27.3 Å². The average Bonchev–Trinajstić information content (AvgIpc) is 2.01. The lowest BCUT2D eigenvalue weighted by Gasteiger charge is -1.96. The van der Waals surface area contributed by atoms with E-state index in [1.165, 1.54) is 0 Å². The molecule has 0 saturated heterocycles. The van der Waals surface area contributed by atoms with Crippen LogP contribution in [0.1, 0.15) is 10.6 Å². The maximum Gasteiger partial charge on any atom is 0.227 e. The van der Waals surface area contributed by atoms with Crippen LogP contribution in [0.3, 0.4) is 0 Å². The quantitative estimate of drug-likeness (QED) is 0.706. The predicted octanol–water partition coefficient (Wildman–Crippen LogP) is 0.320. The number of Topliss-reactive ketones (excluding diaryl/α,β-unsaturated/α-hetero) is 1. The number of rotatable bonds is 2. The summed E-state index contributed by atoms with van der Waals surface area (Å²) in [5.74, 6) is -0.538. The molecular weight excluding hydrogens is 203 g/mol. The first kappa shape index (κ1) is 9.31. The third-order valence-electron chi connectivity index (χ3n) is 1.02. The normalized spacial score (nSPS) is 9.92. The summed E-state index contributed by atoms with van der Waals surface area (Å²) in [6, 6.07) is 0. The number of hydrogen-bond acceptors (Lipinski definition) is 5. The summed E-state index contributed by atoms with van der Waals surface area (Å²) >= 11 is 10.8. The molecule has 1 aromatic heterocycles. The van der Waals surface area contributed by atoms with E-state index in [9.17, 15) is 4.79 Å². The highest BCUT2D eigenvalue weighted by Crippen LogP contribution is 2.05. The molecule has 1 heterocycles. The summed E-state index contributed by atoms with van der Waals surface area (Å²) in [5.41, 5.74) is 5.07. The zero-order chi connectivity index (χ0) is 9.14. The molecule has 0 fully saturated rings. The van der Waals surface area contributed by atoms with Gasteiger partial charge in [-0.2, -0.15) is 15.0 Å².